The molecule has 21 heavy (non-hydrogen) atoms. The molecule has 2 aromatic rings. The van der Waals surface area contributed by atoms with Gasteiger partial charge in [0.2, 0.25) is 0 Å². The lowest BCUT2D eigenvalue weighted by Crippen LogP contribution is -2.12. The molecular weight excluding hydrogens is 272 g/mol. The van der Waals surface area contributed by atoms with Crippen molar-refractivity contribution in [3.8, 4) is 11.1 Å². The highest BCUT2D eigenvalue weighted by atomic mass is 32.2. The fourth-order valence-corrected chi connectivity index (χ4v) is 3.15. The minimum atomic E-state index is 0.169. The van der Waals surface area contributed by atoms with E-state index < -0.39 is 0 Å². The predicted molar refractivity (Wildman–Crippen MR) is 97.0 cm³/mol. The molecule has 0 radical (unpaired) electrons. The molecule has 1 heteroatoms. The molecule has 2 rings (SSSR count). The number of thioether (sulfide) groups is 1. The maximum Gasteiger partial charge on any atom is 0.0187 e. The van der Waals surface area contributed by atoms with Crippen molar-refractivity contribution in [1.29, 1.82) is 0 Å². The molecule has 0 fully saturated rings. The zero-order chi connectivity index (χ0) is 15.5. The molecule has 0 amide bonds. The molecule has 0 N–H and O–H groups in total. The maximum absolute atomic E-state index is 2.28. The van der Waals surface area contributed by atoms with E-state index in [1.54, 1.807) is 0 Å². The van der Waals surface area contributed by atoms with Gasteiger partial charge in [-0.2, -0.15) is 11.8 Å². The molecule has 0 spiro atoms. The van der Waals surface area contributed by atoms with E-state index in [1.165, 1.54) is 22.3 Å². The van der Waals surface area contributed by atoms with Gasteiger partial charge >= 0.3 is 0 Å². The molecule has 0 heterocycles. The number of hydrogen-bond acceptors (Lipinski definition) is 1. The van der Waals surface area contributed by atoms with Crippen molar-refractivity contribution in [2.75, 3.05) is 0 Å². The SMILES string of the molecule is CC(C)SCc1ccc(-c2ccccc2C(C)(C)C)cc1. The van der Waals surface area contributed by atoms with Crippen LogP contribution < -0.4 is 0 Å². The Kier molecular flexibility index (Phi) is 5.16. The molecule has 0 saturated carbocycles. The Morgan fingerprint density at radius 1 is 0.905 bits per heavy atom. The van der Waals surface area contributed by atoms with E-state index in [4.69, 9.17) is 0 Å². The third kappa shape index (κ3) is 4.38. The second-order valence-corrected chi connectivity index (χ2v) is 8.42. The molecule has 0 unspecified atom stereocenters. The second-order valence-electron chi connectivity index (χ2n) is 6.85. The minimum absolute atomic E-state index is 0.169. The molecule has 0 bridgehead atoms. The topological polar surface area (TPSA) is 0 Å². The molecule has 0 aliphatic carbocycles. The summed E-state index contributed by atoms with van der Waals surface area (Å²) < 4.78 is 0. The van der Waals surface area contributed by atoms with Gasteiger partial charge in [-0.15, -0.1) is 0 Å². The first kappa shape index (κ1) is 16.2. The van der Waals surface area contributed by atoms with E-state index >= 15 is 0 Å². The first-order valence-electron chi connectivity index (χ1n) is 7.68. The zero-order valence-electron chi connectivity index (χ0n) is 13.8. The van der Waals surface area contributed by atoms with Gasteiger partial charge in [-0.3, -0.25) is 0 Å². The van der Waals surface area contributed by atoms with Crippen LogP contribution in [0, 0.1) is 0 Å². The van der Waals surface area contributed by atoms with Gasteiger partial charge in [0.15, 0.2) is 0 Å². The molecule has 112 valence electrons. The van der Waals surface area contributed by atoms with Crippen LogP contribution in [0.1, 0.15) is 45.7 Å². The Morgan fingerprint density at radius 3 is 2.10 bits per heavy atom. The van der Waals surface area contributed by atoms with Gasteiger partial charge in [-0.1, -0.05) is 83.1 Å². The third-order valence-electron chi connectivity index (χ3n) is 3.58. The van der Waals surface area contributed by atoms with Crippen LogP contribution in [-0.4, -0.2) is 5.25 Å². The Bertz CT molecular complexity index is 574. The van der Waals surface area contributed by atoms with E-state index in [0.29, 0.717) is 5.25 Å². The van der Waals surface area contributed by atoms with Crippen LogP contribution in [0.15, 0.2) is 48.5 Å². The average molecular weight is 298 g/mol. The maximum atomic E-state index is 2.28. The van der Waals surface area contributed by atoms with Crippen molar-refractivity contribution in [3.63, 3.8) is 0 Å². The van der Waals surface area contributed by atoms with Gasteiger partial charge in [-0.05, 0) is 32.9 Å². The van der Waals surface area contributed by atoms with Gasteiger partial charge in [-0.25, -0.2) is 0 Å². The van der Waals surface area contributed by atoms with Gasteiger partial charge in [0.05, 0.1) is 0 Å². The molecule has 0 nitrogen and oxygen atoms in total. The van der Waals surface area contributed by atoms with Crippen LogP contribution in [-0.2, 0) is 11.2 Å². The molecular formula is C20H26S. The lowest BCUT2D eigenvalue weighted by Gasteiger charge is -2.23. The van der Waals surface area contributed by atoms with Crippen LogP contribution >= 0.6 is 11.8 Å². The summed E-state index contributed by atoms with van der Waals surface area (Å²) in [7, 11) is 0. The van der Waals surface area contributed by atoms with Gasteiger partial charge in [0.25, 0.3) is 0 Å². The van der Waals surface area contributed by atoms with Crippen molar-refractivity contribution < 1.29 is 0 Å². The van der Waals surface area contributed by atoms with Crippen LogP contribution in [0.4, 0.5) is 0 Å². The largest absolute Gasteiger partial charge is 0.154 e. The van der Waals surface area contributed by atoms with E-state index in [0.717, 1.165) is 5.75 Å². The molecule has 0 aromatic heterocycles. The summed E-state index contributed by atoms with van der Waals surface area (Å²) in [6.07, 6.45) is 0. The number of benzene rings is 2. The van der Waals surface area contributed by atoms with Crippen molar-refractivity contribution in [1.82, 2.24) is 0 Å². The average Bonchev–Trinajstić information content (AvgIpc) is 2.45. The Labute approximate surface area is 134 Å². The highest BCUT2D eigenvalue weighted by Crippen LogP contribution is 2.33. The number of rotatable bonds is 4. The quantitative estimate of drug-likeness (QED) is 0.639. The van der Waals surface area contributed by atoms with E-state index in [2.05, 4.69) is 83.1 Å². The molecule has 0 aliphatic rings. The molecule has 0 aliphatic heterocycles. The highest BCUT2D eigenvalue weighted by molar-refractivity contribution is 7.99. The molecule has 2 aromatic carbocycles. The van der Waals surface area contributed by atoms with E-state index in [-0.39, 0.29) is 5.41 Å². The predicted octanol–water partition coefficient (Wildman–Crippen LogP) is 6.29. The van der Waals surface area contributed by atoms with Crippen molar-refractivity contribution in [2.24, 2.45) is 0 Å². The first-order valence-corrected chi connectivity index (χ1v) is 8.73. The summed E-state index contributed by atoms with van der Waals surface area (Å²) in [5.41, 5.74) is 5.66. The van der Waals surface area contributed by atoms with Crippen molar-refractivity contribution >= 4 is 11.8 Å². The summed E-state index contributed by atoms with van der Waals surface area (Å²) in [4.78, 5) is 0. The van der Waals surface area contributed by atoms with Gasteiger partial charge < -0.3 is 0 Å². The van der Waals surface area contributed by atoms with Crippen molar-refractivity contribution in [2.45, 2.75) is 51.0 Å². The second kappa shape index (κ2) is 6.70. The third-order valence-corrected chi connectivity index (χ3v) is 4.75. The van der Waals surface area contributed by atoms with Crippen LogP contribution in [0.5, 0.6) is 0 Å². The van der Waals surface area contributed by atoms with Crippen LogP contribution in [0.3, 0.4) is 0 Å². The normalized spacial score (nSPS) is 11.9. The Morgan fingerprint density at radius 2 is 1.52 bits per heavy atom. The van der Waals surface area contributed by atoms with Crippen LogP contribution in [0.25, 0.3) is 11.1 Å². The highest BCUT2D eigenvalue weighted by Gasteiger charge is 2.17. The van der Waals surface area contributed by atoms with Crippen molar-refractivity contribution in [3.05, 3.63) is 59.7 Å². The summed E-state index contributed by atoms with van der Waals surface area (Å²) in [5.74, 6) is 1.10. The first-order chi connectivity index (χ1) is 9.88. The number of hydrogen-bond donors (Lipinski definition) is 0. The monoisotopic (exact) mass is 298 g/mol. The smallest absolute Gasteiger partial charge is 0.0187 e. The van der Waals surface area contributed by atoms with E-state index in [9.17, 15) is 0 Å². The standard InChI is InChI=1S/C20H26S/c1-15(2)21-14-16-10-12-17(13-11-16)18-8-6-7-9-19(18)20(3,4)5/h6-13,15H,14H2,1-5H3. The Hall–Kier alpha value is -1.21. The zero-order valence-corrected chi connectivity index (χ0v) is 14.6. The summed E-state index contributed by atoms with van der Waals surface area (Å²) in [5, 5.41) is 0.686. The lowest BCUT2D eigenvalue weighted by molar-refractivity contribution is 0.592. The fraction of sp³-hybridized carbons (Fsp3) is 0.400. The lowest BCUT2D eigenvalue weighted by atomic mass is 9.82. The summed E-state index contributed by atoms with van der Waals surface area (Å²) in [6, 6.07) is 17.8. The summed E-state index contributed by atoms with van der Waals surface area (Å²) in [6.45, 7) is 11.3. The van der Waals surface area contributed by atoms with Gasteiger partial charge in [0.1, 0.15) is 0 Å². The van der Waals surface area contributed by atoms with Gasteiger partial charge in [0, 0.05) is 5.75 Å². The fourth-order valence-electron chi connectivity index (χ4n) is 2.43. The Balaban J connectivity index is 2.27. The van der Waals surface area contributed by atoms with E-state index in [1.807, 2.05) is 11.8 Å². The molecule has 0 atom stereocenters. The summed E-state index contributed by atoms with van der Waals surface area (Å²) >= 11 is 1.99. The van der Waals surface area contributed by atoms with Crippen LogP contribution in [0.2, 0.25) is 0 Å². The molecule has 0 saturated heterocycles. The minimum Gasteiger partial charge on any atom is -0.154 e.